The molecule has 24 heavy (non-hydrogen) atoms. The van der Waals surface area contributed by atoms with Crippen LogP contribution in [0.25, 0.3) is 6.08 Å². The van der Waals surface area contributed by atoms with E-state index in [1.807, 2.05) is 12.1 Å². The van der Waals surface area contributed by atoms with E-state index in [9.17, 15) is 9.90 Å². The maximum atomic E-state index is 11.8. The molecule has 3 heteroatoms. The quantitative estimate of drug-likeness (QED) is 0.829. The zero-order valence-corrected chi connectivity index (χ0v) is 15.0. The molecule has 3 nitrogen and oxygen atoms in total. The van der Waals surface area contributed by atoms with Gasteiger partial charge in [0.15, 0.2) is 0 Å². The maximum absolute atomic E-state index is 11.8. The number of ether oxygens (including phenoxy) is 1. The largest absolute Gasteiger partial charge is 0.465 e. The zero-order chi connectivity index (χ0) is 17.4. The smallest absolute Gasteiger partial charge is 0.337 e. The third-order valence-electron chi connectivity index (χ3n) is 6.21. The fourth-order valence-electron chi connectivity index (χ4n) is 4.88. The Morgan fingerprint density at radius 1 is 1.33 bits per heavy atom. The lowest BCUT2D eigenvalue weighted by Crippen LogP contribution is -2.48. The highest BCUT2D eigenvalue weighted by atomic mass is 16.5. The average molecular weight is 328 g/mol. The molecule has 2 aliphatic rings. The molecule has 0 bridgehead atoms. The third-order valence-corrected chi connectivity index (χ3v) is 6.21. The lowest BCUT2D eigenvalue weighted by molar-refractivity contribution is -0.0426. The average Bonchev–Trinajstić information content (AvgIpc) is 2.60. The van der Waals surface area contributed by atoms with Crippen LogP contribution in [0.4, 0.5) is 0 Å². The van der Waals surface area contributed by atoms with Gasteiger partial charge in [0.2, 0.25) is 0 Å². The van der Waals surface area contributed by atoms with Crippen LogP contribution >= 0.6 is 0 Å². The van der Waals surface area contributed by atoms with Gasteiger partial charge in [-0.25, -0.2) is 4.79 Å². The molecule has 1 N–H and O–H groups in total. The Morgan fingerprint density at radius 2 is 2.12 bits per heavy atom. The highest BCUT2D eigenvalue weighted by Crippen LogP contribution is 2.54. The Balaban J connectivity index is 1.99. The van der Waals surface area contributed by atoms with Crippen molar-refractivity contribution in [3.8, 4) is 0 Å². The first kappa shape index (κ1) is 17.2. The van der Waals surface area contributed by atoms with Gasteiger partial charge in [-0.15, -0.1) is 0 Å². The lowest BCUT2D eigenvalue weighted by atomic mass is 9.55. The van der Waals surface area contributed by atoms with Gasteiger partial charge in [0.05, 0.1) is 18.3 Å². The number of hydrogen-bond acceptors (Lipinski definition) is 3. The summed E-state index contributed by atoms with van der Waals surface area (Å²) in [6, 6.07) is 5.93. The van der Waals surface area contributed by atoms with Crippen LogP contribution in [0.1, 0.15) is 73.9 Å². The molecule has 1 fully saturated rings. The minimum absolute atomic E-state index is 0.0820. The van der Waals surface area contributed by atoms with Gasteiger partial charge in [-0.3, -0.25) is 0 Å². The molecule has 1 aromatic rings. The Labute approximate surface area is 144 Å². The minimum atomic E-state index is -0.522. The highest BCUT2D eigenvalue weighted by Gasteiger charge is 2.49. The summed E-state index contributed by atoms with van der Waals surface area (Å²) in [4.78, 5) is 11.8. The first-order valence-corrected chi connectivity index (χ1v) is 9.11. The number of esters is 1. The van der Waals surface area contributed by atoms with Crippen molar-refractivity contribution < 1.29 is 14.6 Å². The molecule has 3 atom stereocenters. The molecular formula is C21H28O3. The van der Waals surface area contributed by atoms with Crippen molar-refractivity contribution in [1.82, 2.24) is 0 Å². The second kappa shape index (κ2) is 6.36. The Kier molecular flexibility index (Phi) is 4.56. The van der Waals surface area contributed by atoms with Crippen molar-refractivity contribution in [2.75, 3.05) is 7.11 Å². The van der Waals surface area contributed by atoms with E-state index in [-0.39, 0.29) is 11.4 Å². The van der Waals surface area contributed by atoms with Crippen LogP contribution in [0.3, 0.4) is 0 Å². The van der Waals surface area contributed by atoms with E-state index in [0.717, 1.165) is 44.1 Å². The molecule has 3 rings (SSSR count). The van der Waals surface area contributed by atoms with Crippen molar-refractivity contribution in [3.63, 3.8) is 0 Å². The number of allylic oxidation sites excluding steroid dienone is 1. The standard InChI is InChI=1S/C21H28O3/c1-4-10-20(23)11-12-21(5-2)17(14-20)8-6-15-13-16(19(22)24-3)7-9-18(15)21/h6-9,13,17,23H,4-5,10-12,14H2,1-3H3/t17?,20-,21?/m0/s1. The highest BCUT2D eigenvalue weighted by molar-refractivity contribution is 5.90. The molecule has 0 amide bonds. The predicted molar refractivity (Wildman–Crippen MR) is 96.0 cm³/mol. The van der Waals surface area contributed by atoms with Gasteiger partial charge < -0.3 is 9.84 Å². The number of aliphatic hydroxyl groups is 1. The van der Waals surface area contributed by atoms with Crippen molar-refractivity contribution in [1.29, 1.82) is 0 Å². The van der Waals surface area contributed by atoms with E-state index in [0.29, 0.717) is 11.5 Å². The first-order chi connectivity index (χ1) is 11.5. The molecular weight excluding hydrogens is 300 g/mol. The van der Waals surface area contributed by atoms with E-state index in [2.05, 4.69) is 32.1 Å². The van der Waals surface area contributed by atoms with Crippen LogP contribution < -0.4 is 0 Å². The van der Waals surface area contributed by atoms with E-state index in [1.54, 1.807) is 0 Å². The van der Waals surface area contributed by atoms with Crippen LogP contribution in [-0.4, -0.2) is 23.8 Å². The SMILES string of the molecule is CCC[C@]1(O)CCC2(CC)c3ccc(C(=O)OC)cc3C=CC2C1. The Hall–Kier alpha value is -1.61. The van der Waals surface area contributed by atoms with Crippen molar-refractivity contribution in [2.24, 2.45) is 5.92 Å². The summed E-state index contributed by atoms with van der Waals surface area (Å²) >= 11 is 0. The monoisotopic (exact) mass is 328 g/mol. The summed E-state index contributed by atoms with van der Waals surface area (Å²) in [5.74, 6) is 0.0733. The number of rotatable bonds is 4. The van der Waals surface area contributed by atoms with Crippen LogP contribution in [0, 0.1) is 5.92 Å². The Morgan fingerprint density at radius 3 is 2.79 bits per heavy atom. The van der Waals surface area contributed by atoms with Gasteiger partial charge >= 0.3 is 5.97 Å². The van der Waals surface area contributed by atoms with E-state index in [4.69, 9.17) is 4.74 Å². The zero-order valence-electron chi connectivity index (χ0n) is 15.0. The van der Waals surface area contributed by atoms with E-state index in [1.165, 1.54) is 12.7 Å². The molecule has 0 aromatic heterocycles. The van der Waals surface area contributed by atoms with Crippen molar-refractivity contribution in [2.45, 2.75) is 63.4 Å². The molecule has 0 spiro atoms. The normalized spacial score (nSPS) is 31.2. The molecule has 0 aliphatic heterocycles. The van der Waals surface area contributed by atoms with Gasteiger partial charge in [0.25, 0.3) is 0 Å². The molecule has 1 saturated carbocycles. The number of methoxy groups -OCH3 is 1. The number of benzene rings is 1. The van der Waals surface area contributed by atoms with Crippen LogP contribution in [0.5, 0.6) is 0 Å². The Bertz CT molecular complexity index is 663. The van der Waals surface area contributed by atoms with E-state index >= 15 is 0 Å². The second-order valence-electron chi connectivity index (χ2n) is 7.45. The van der Waals surface area contributed by atoms with Gasteiger partial charge in [-0.2, -0.15) is 0 Å². The fraction of sp³-hybridized carbons (Fsp3) is 0.571. The summed E-state index contributed by atoms with van der Waals surface area (Å²) in [6.07, 6.45) is 10.0. The summed E-state index contributed by atoms with van der Waals surface area (Å²) < 4.78 is 4.84. The maximum Gasteiger partial charge on any atom is 0.337 e. The summed E-state index contributed by atoms with van der Waals surface area (Å²) in [5, 5.41) is 10.9. The van der Waals surface area contributed by atoms with Crippen molar-refractivity contribution in [3.05, 3.63) is 41.0 Å². The summed E-state index contributed by atoms with van der Waals surface area (Å²) in [6.45, 7) is 4.38. The topological polar surface area (TPSA) is 46.5 Å². The molecule has 2 aliphatic carbocycles. The van der Waals surface area contributed by atoms with Crippen LogP contribution in [0.2, 0.25) is 0 Å². The number of carbonyl (C=O) groups is 1. The van der Waals surface area contributed by atoms with Crippen molar-refractivity contribution >= 4 is 12.0 Å². The third kappa shape index (κ3) is 2.69. The summed E-state index contributed by atoms with van der Waals surface area (Å²) in [5.41, 5.74) is 2.61. The van der Waals surface area contributed by atoms with E-state index < -0.39 is 5.60 Å². The van der Waals surface area contributed by atoms with Gasteiger partial charge in [-0.05, 0) is 61.3 Å². The molecule has 0 saturated heterocycles. The number of hydrogen-bond donors (Lipinski definition) is 1. The van der Waals surface area contributed by atoms with Crippen LogP contribution in [-0.2, 0) is 10.2 Å². The number of carbonyl (C=O) groups excluding carboxylic acids is 1. The molecule has 2 unspecified atom stereocenters. The molecule has 0 radical (unpaired) electrons. The molecule has 130 valence electrons. The fourth-order valence-corrected chi connectivity index (χ4v) is 4.88. The predicted octanol–water partition coefficient (Wildman–Crippen LogP) is 4.48. The van der Waals surface area contributed by atoms with Gasteiger partial charge in [0, 0.05) is 5.41 Å². The molecule has 0 heterocycles. The van der Waals surface area contributed by atoms with Gasteiger partial charge in [0.1, 0.15) is 0 Å². The van der Waals surface area contributed by atoms with Gasteiger partial charge in [-0.1, -0.05) is 38.5 Å². The number of fused-ring (bicyclic) bond motifs is 3. The minimum Gasteiger partial charge on any atom is -0.465 e. The second-order valence-corrected chi connectivity index (χ2v) is 7.45. The molecule has 1 aromatic carbocycles. The summed E-state index contributed by atoms with van der Waals surface area (Å²) in [7, 11) is 1.41. The van der Waals surface area contributed by atoms with Crippen LogP contribution in [0.15, 0.2) is 24.3 Å². The lowest BCUT2D eigenvalue weighted by Gasteiger charge is -2.51. The first-order valence-electron chi connectivity index (χ1n) is 9.11.